The molecular weight excluding hydrogens is 200 g/mol. The summed E-state index contributed by atoms with van der Waals surface area (Å²) in [4.78, 5) is 13.4. The minimum Gasteiger partial charge on any atom is -0.339 e. The van der Waals surface area contributed by atoms with Crippen LogP contribution < -0.4 is 4.90 Å². The fourth-order valence-electron chi connectivity index (χ4n) is 2.17. The molecule has 0 aromatic carbocycles. The van der Waals surface area contributed by atoms with Crippen molar-refractivity contribution in [2.75, 3.05) is 37.6 Å². The van der Waals surface area contributed by atoms with Crippen LogP contribution in [0.4, 0.5) is 5.95 Å². The molecule has 0 saturated carbocycles. The molecule has 1 saturated heterocycles. The molecule has 2 heterocycles. The predicted octanol–water partition coefficient (Wildman–Crippen LogP) is 1.40. The lowest BCUT2D eigenvalue weighted by Gasteiger charge is -2.21. The summed E-state index contributed by atoms with van der Waals surface area (Å²) in [6.45, 7) is 7.91. The van der Waals surface area contributed by atoms with Gasteiger partial charge in [0, 0.05) is 32.0 Å². The summed E-state index contributed by atoms with van der Waals surface area (Å²) >= 11 is 0. The second kappa shape index (κ2) is 5.80. The Bertz CT molecular complexity index is 301. The summed E-state index contributed by atoms with van der Waals surface area (Å²) in [5.74, 6) is 0.876. The van der Waals surface area contributed by atoms with E-state index >= 15 is 0 Å². The molecule has 2 rings (SSSR count). The first-order chi connectivity index (χ1) is 7.90. The van der Waals surface area contributed by atoms with Gasteiger partial charge in [-0.1, -0.05) is 6.92 Å². The smallest absolute Gasteiger partial charge is 0.225 e. The highest BCUT2D eigenvalue weighted by Crippen LogP contribution is 2.10. The number of rotatable bonds is 3. The third kappa shape index (κ3) is 2.92. The van der Waals surface area contributed by atoms with E-state index in [2.05, 4.69) is 26.7 Å². The quantitative estimate of drug-likeness (QED) is 0.770. The second-order valence-corrected chi connectivity index (χ2v) is 4.23. The first-order valence-corrected chi connectivity index (χ1v) is 6.14. The van der Waals surface area contributed by atoms with E-state index in [0.717, 1.165) is 25.6 Å². The Morgan fingerprint density at radius 3 is 2.69 bits per heavy atom. The lowest BCUT2D eigenvalue weighted by Crippen LogP contribution is -2.32. The predicted molar refractivity (Wildman–Crippen MR) is 65.6 cm³/mol. The van der Waals surface area contributed by atoms with Crippen LogP contribution in [0.3, 0.4) is 0 Å². The van der Waals surface area contributed by atoms with Gasteiger partial charge in [-0.2, -0.15) is 0 Å². The zero-order valence-corrected chi connectivity index (χ0v) is 9.97. The number of nitrogens with zero attached hydrogens (tertiary/aromatic N) is 4. The Hall–Kier alpha value is -1.16. The van der Waals surface area contributed by atoms with Gasteiger partial charge >= 0.3 is 0 Å². The van der Waals surface area contributed by atoms with E-state index in [1.807, 2.05) is 18.5 Å². The summed E-state index contributed by atoms with van der Waals surface area (Å²) in [7, 11) is 0. The van der Waals surface area contributed by atoms with E-state index in [0.29, 0.717) is 0 Å². The molecule has 0 unspecified atom stereocenters. The van der Waals surface area contributed by atoms with Crippen LogP contribution in [-0.4, -0.2) is 47.6 Å². The largest absolute Gasteiger partial charge is 0.339 e. The Morgan fingerprint density at radius 2 is 1.94 bits per heavy atom. The van der Waals surface area contributed by atoms with Crippen LogP contribution in [0.5, 0.6) is 0 Å². The minimum absolute atomic E-state index is 0.876. The fraction of sp³-hybridized carbons (Fsp3) is 0.667. The Balaban J connectivity index is 1.94. The van der Waals surface area contributed by atoms with Crippen LogP contribution in [0.15, 0.2) is 18.5 Å². The lowest BCUT2D eigenvalue weighted by atomic mass is 10.3. The normalized spacial score (nSPS) is 18.4. The molecule has 0 aliphatic carbocycles. The van der Waals surface area contributed by atoms with Crippen molar-refractivity contribution in [1.82, 2.24) is 14.9 Å². The van der Waals surface area contributed by atoms with Crippen molar-refractivity contribution >= 4 is 5.95 Å². The topological polar surface area (TPSA) is 32.3 Å². The van der Waals surface area contributed by atoms with Gasteiger partial charge in [-0.3, -0.25) is 0 Å². The average Bonchev–Trinajstić information content (AvgIpc) is 2.57. The number of hydrogen-bond acceptors (Lipinski definition) is 4. The molecule has 0 atom stereocenters. The van der Waals surface area contributed by atoms with Gasteiger partial charge in [0.05, 0.1) is 0 Å². The summed E-state index contributed by atoms with van der Waals surface area (Å²) in [5.41, 5.74) is 0. The number of aromatic nitrogens is 2. The zero-order chi connectivity index (χ0) is 11.2. The molecule has 1 aromatic heterocycles. The Labute approximate surface area is 97.3 Å². The van der Waals surface area contributed by atoms with E-state index in [-0.39, 0.29) is 0 Å². The van der Waals surface area contributed by atoms with Crippen LogP contribution in [0.2, 0.25) is 0 Å². The lowest BCUT2D eigenvalue weighted by molar-refractivity contribution is 0.294. The Morgan fingerprint density at radius 1 is 1.12 bits per heavy atom. The first-order valence-electron chi connectivity index (χ1n) is 6.14. The van der Waals surface area contributed by atoms with E-state index in [1.54, 1.807) is 0 Å². The van der Waals surface area contributed by atoms with Crippen molar-refractivity contribution in [1.29, 1.82) is 0 Å². The SMILES string of the molecule is CCCN1CCCN(c2ncccn2)CC1. The molecule has 4 heteroatoms. The molecule has 1 aliphatic rings. The maximum Gasteiger partial charge on any atom is 0.225 e. The van der Waals surface area contributed by atoms with Crippen LogP contribution in [0.25, 0.3) is 0 Å². The van der Waals surface area contributed by atoms with Crippen molar-refractivity contribution in [2.45, 2.75) is 19.8 Å². The van der Waals surface area contributed by atoms with Crippen molar-refractivity contribution in [3.05, 3.63) is 18.5 Å². The molecule has 1 aromatic rings. The first kappa shape index (κ1) is 11.3. The maximum absolute atomic E-state index is 4.31. The van der Waals surface area contributed by atoms with Crippen molar-refractivity contribution in [3.63, 3.8) is 0 Å². The van der Waals surface area contributed by atoms with Crippen molar-refractivity contribution in [2.24, 2.45) is 0 Å². The molecule has 0 bridgehead atoms. The minimum atomic E-state index is 0.876. The summed E-state index contributed by atoms with van der Waals surface area (Å²) in [6, 6.07) is 1.87. The maximum atomic E-state index is 4.31. The highest BCUT2D eigenvalue weighted by atomic mass is 15.3. The van der Waals surface area contributed by atoms with Gasteiger partial charge in [0.15, 0.2) is 0 Å². The van der Waals surface area contributed by atoms with Gasteiger partial charge in [-0.05, 0) is 32.0 Å². The van der Waals surface area contributed by atoms with Gasteiger partial charge in [0.25, 0.3) is 0 Å². The van der Waals surface area contributed by atoms with Crippen molar-refractivity contribution in [3.8, 4) is 0 Å². The third-order valence-electron chi connectivity index (χ3n) is 2.96. The van der Waals surface area contributed by atoms with Gasteiger partial charge in [-0.25, -0.2) is 9.97 Å². The van der Waals surface area contributed by atoms with E-state index < -0.39 is 0 Å². The third-order valence-corrected chi connectivity index (χ3v) is 2.96. The monoisotopic (exact) mass is 220 g/mol. The molecule has 0 radical (unpaired) electrons. The second-order valence-electron chi connectivity index (χ2n) is 4.23. The average molecular weight is 220 g/mol. The molecule has 1 fully saturated rings. The van der Waals surface area contributed by atoms with E-state index in [4.69, 9.17) is 0 Å². The van der Waals surface area contributed by atoms with Crippen LogP contribution in [0, 0.1) is 0 Å². The zero-order valence-electron chi connectivity index (χ0n) is 9.97. The molecular formula is C12H20N4. The highest BCUT2D eigenvalue weighted by molar-refractivity contribution is 5.28. The molecule has 4 nitrogen and oxygen atoms in total. The number of anilines is 1. The van der Waals surface area contributed by atoms with Crippen molar-refractivity contribution < 1.29 is 0 Å². The summed E-state index contributed by atoms with van der Waals surface area (Å²) < 4.78 is 0. The molecule has 88 valence electrons. The van der Waals surface area contributed by atoms with Gasteiger partial charge in [0.1, 0.15) is 0 Å². The molecule has 0 amide bonds. The standard InChI is InChI=1S/C12H20N4/c1-2-7-15-8-4-9-16(11-10-15)12-13-5-3-6-14-12/h3,5-6H,2,4,7-11H2,1H3. The fourth-order valence-corrected chi connectivity index (χ4v) is 2.17. The van der Waals surface area contributed by atoms with Crippen LogP contribution in [-0.2, 0) is 0 Å². The van der Waals surface area contributed by atoms with Crippen LogP contribution >= 0.6 is 0 Å². The van der Waals surface area contributed by atoms with E-state index in [1.165, 1.54) is 25.9 Å². The highest BCUT2D eigenvalue weighted by Gasteiger charge is 2.15. The van der Waals surface area contributed by atoms with Gasteiger partial charge < -0.3 is 9.80 Å². The summed E-state index contributed by atoms with van der Waals surface area (Å²) in [6.07, 6.45) is 6.08. The summed E-state index contributed by atoms with van der Waals surface area (Å²) in [5, 5.41) is 0. The van der Waals surface area contributed by atoms with Crippen LogP contribution in [0.1, 0.15) is 19.8 Å². The molecule has 16 heavy (non-hydrogen) atoms. The van der Waals surface area contributed by atoms with Gasteiger partial charge in [-0.15, -0.1) is 0 Å². The van der Waals surface area contributed by atoms with Gasteiger partial charge in [0.2, 0.25) is 5.95 Å². The molecule has 1 aliphatic heterocycles. The molecule has 0 N–H and O–H groups in total. The number of hydrogen-bond donors (Lipinski definition) is 0. The molecule has 0 spiro atoms. The Kier molecular flexibility index (Phi) is 4.10. The van der Waals surface area contributed by atoms with E-state index in [9.17, 15) is 0 Å².